The van der Waals surface area contributed by atoms with E-state index in [0.29, 0.717) is 11.9 Å². The number of hydrogen-bond acceptors (Lipinski definition) is 7. The number of thiazole rings is 1. The van der Waals surface area contributed by atoms with Crippen LogP contribution in [0.5, 0.6) is 0 Å². The van der Waals surface area contributed by atoms with Crippen LogP contribution >= 0.6 is 11.3 Å². The summed E-state index contributed by atoms with van der Waals surface area (Å²) in [4.78, 5) is 12.6. The first-order chi connectivity index (χ1) is 11.4. The molecule has 0 unspecified atom stereocenters. The van der Waals surface area contributed by atoms with E-state index < -0.39 is 0 Å². The van der Waals surface area contributed by atoms with E-state index >= 15 is 0 Å². The first-order valence-corrected chi connectivity index (χ1v) is 9.42. The molecule has 6 nitrogen and oxygen atoms in total. The highest BCUT2D eigenvalue weighted by atomic mass is 32.1. The van der Waals surface area contributed by atoms with E-state index in [9.17, 15) is 0 Å². The Hall–Kier alpha value is -1.31. The average Bonchev–Trinajstić information content (AvgIpc) is 3.14. The fourth-order valence-electron chi connectivity index (χ4n) is 2.95. The number of rotatable bonds is 5. The molecule has 132 valence electrons. The predicted molar refractivity (Wildman–Crippen MR) is 95.0 cm³/mol. The molecule has 1 atom stereocenters. The van der Waals surface area contributed by atoms with E-state index in [1.807, 2.05) is 24.5 Å². The van der Waals surface area contributed by atoms with Gasteiger partial charge in [0.1, 0.15) is 0 Å². The molecule has 7 heteroatoms. The van der Waals surface area contributed by atoms with Crippen molar-refractivity contribution >= 4 is 11.3 Å². The lowest BCUT2D eigenvalue weighted by Gasteiger charge is -2.32. The minimum absolute atomic E-state index is 0.132. The SMILES string of the molecule is Cc1nc(CN2CCC[C@H](NCc3cnc(C(C)(C)C)s3)C2)no1. The molecule has 1 N–H and O–H groups in total. The summed E-state index contributed by atoms with van der Waals surface area (Å²) in [6.45, 7) is 12.2. The minimum atomic E-state index is 0.132. The number of nitrogens with zero attached hydrogens (tertiary/aromatic N) is 4. The molecule has 3 rings (SSSR count). The number of hydrogen-bond donors (Lipinski definition) is 1. The topological polar surface area (TPSA) is 67.1 Å². The van der Waals surface area contributed by atoms with Crippen LogP contribution in [0.3, 0.4) is 0 Å². The highest BCUT2D eigenvalue weighted by Crippen LogP contribution is 2.26. The summed E-state index contributed by atoms with van der Waals surface area (Å²) in [5, 5.41) is 8.89. The number of nitrogens with one attached hydrogen (secondary N) is 1. The normalized spacial score (nSPS) is 19.8. The minimum Gasteiger partial charge on any atom is -0.340 e. The molecule has 1 fully saturated rings. The van der Waals surface area contributed by atoms with Gasteiger partial charge in [-0.15, -0.1) is 11.3 Å². The van der Waals surface area contributed by atoms with Crippen molar-refractivity contribution < 1.29 is 4.52 Å². The van der Waals surface area contributed by atoms with Gasteiger partial charge in [0.15, 0.2) is 5.82 Å². The Morgan fingerprint density at radius 2 is 2.25 bits per heavy atom. The van der Waals surface area contributed by atoms with Gasteiger partial charge in [0.2, 0.25) is 5.89 Å². The molecule has 1 aliphatic heterocycles. The predicted octanol–water partition coefficient (Wildman–Crippen LogP) is 2.89. The molecule has 1 aliphatic rings. The van der Waals surface area contributed by atoms with Crippen molar-refractivity contribution in [2.75, 3.05) is 13.1 Å². The summed E-state index contributed by atoms with van der Waals surface area (Å²) >= 11 is 1.81. The molecule has 0 amide bonds. The quantitative estimate of drug-likeness (QED) is 0.895. The van der Waals surface area contributed by atoms with E-state index in [0.717, 1.165) is 32.0 Å². The fourth-order valence-corrected chi connectivity index (χ4v) is 3.87. The maximum Gasteiger partial charge on any atom is 0.223 e. The molecule has 0 aliphatic carbocycles. The monoisotopic (exact) mass is 349 g/mol. The Morgan fingerprint density at radius 1 is 1.42 bits per heavy atom. The largest absolute Gasteiger partial charge is 0.340 e. The zero-order chi connectivity index (χ0) is 17.2. The molecule has 2 aromatic rings. The van der Waals surface area contributed by atoms with E-state index in [2.05, 4.69) is 46.1 Å². The van der Waals surface area contributed by atoms with Crippen LogP contribution in [0, 0.1) is 6.92 Å². The third-order valence-corrected chi connectivity index (χ3v) is 5.62. The van der Waals surface area contributed by atoms with Crippen molar-refractivity contribution in [1.29, 1.82) is 0 Å². The Morgan fingerprint density at radius 3 is 2.92 bits per heavy atom. The third kappa shape index (κ3) is 4.62. The Kier molecular flexibility index (Phi) is 5.32. The molecule has 0 spiro atoms. The van der Waals surface area contributed by atoms with Crippen molar-refractivity contribution in [2.24, 2.45) is 0 Å². The Labute approximate surface area is 147 Å². The summed E-state index contributed by atoms with van der Waals surface area (Å²) in [5.74, 6) is 1.42. The molecule has 24 heavy (non-hydrogen) atoms. The first kappa shape index (κ1) is 17.5. The second-order valence-electron chi connectivity index (χ2n) is 7.57. The standard InChI is InChI=1S/C17H27N5OS/c1-12-20-15(21-23-12)11-22-7-5-6-13(10-22)18-8-14-9-19-16(24-14)17(2,3)4/h9,13,18H,5-8,10-11H2,1-4H3/t13-/m0/s1. The lowest BCUT2D eigenvalue weighted by molar-refractivity contribution is 0.177. The van der Waals surface area contributed by atoms with Crippen LogP contribution in [0.15, 0.2) is 10.7 Å². The number of piperidine rings is 1. The van der Waals surface area contributed by atoms with Crippen molar-refractivity contribution in [3.63, 3.8) is 0 Å². The summed E-state index contributed by atoms with van der Waals surface area (Å²) < 4.78 is 5.06. The second kappa shape index (κ2) is 7.29. The Balaban J connectivity index is 1.49. The highest BCUT2D eigenvalue weighted by molar-refractivity contribution is 7.11. The zero-order valence-corrected chi connectivity index (χ0v) is 15.8. The highest BCUT2D eigenvalue weighted by Gasteiger charge is 2.22. The van der Waals surface area contributed by atoms with Gasteiger partial charge < -0.3 is 9.84 Å². The van der Waals surface area contributed by atoms with Crippen molar-refractivity contribution in [3.05, 3.63) is 27.8 Å². The molecule has 1 saturated heterocycles. The van der Waals surface area contributed by atoms with Crippen LogP contribution in [0.1, 0.15) is 55.2 Å². The van der Waals surface area contributed by atoms with Gasteiger partial charge in [-0.2, -0.15) is 4.98 Å². The van der Waals surface area contributed by atoms with Crippen molar-refractivity contribution in [2.45, 2.75) is 65.1 Å². The van der Waals surface area contributed by atoms with Gasteiger partial charge in [0, 0.05) is 42.5 Å². The molecule has 0 aromatic carbocycles. The molecule has 0 radical (unpaired) electrons. The van der Waals surface area contributed by atoms with Gasteiger partial charge >= 0.3 is 0 Å². The van der Waals surface area contributed by atoms with Crippen LogP contribution in [-0.2, 0) is 18.5 Å². The number of aromatic nitrogens is 3. The lowest BCUT2D eigenvalue weighted by Crippen LogP contribution is -2.45. The van der Waals surface area contributed by atoms with Gasteiger partial charge in [-0.1, -0.05) is 25.9 Å². The Bertz CT molecular complexity index is 660. The van der Waals surface area contributed by atoms with Crippen LogP contribution in [0.25, 0.3) is 0 Å². The van der Waals surface area contributed by atoms with Gasteiger partial charge in [-0.25, -0.2) is 4.98 Å². The molecule has 2 aromatic heterocycles. The van der Waals surface area contributed by atoms with Crippen LogP contribution in [-0.4, -0.2) is 39.2 Å². The van der Waals surface area contributed by atoms with Gasteiger partial charge in [0.05, 0.1) is 11.6 Å². The van der Waals surface area contributed by atoms with Gasteiger partial charge in [-0.05, 0) is 19.4 Å². The summed E-state index contributed by atoms with van der Waals surface area (Å²) in [6, 6.07) is 0.506. The third-order valence-electron chi connectivity index (χ3n) is 4.20. The fraction of sp³-hybridized carbons (Fsp3) is 0.706. The molecular formula is C17H27N5OS. The molecule has 3 heterocycles. The number of likely N-dealkylation sites (tertiary alicyclic amines) is 1. The molecular weight excluding hydrogens is 322 g/mol. The summed E-state index contributed by atoms with van der Waals surface area (Å²) in [5.41, 5.74) is 0.132. The second-order valence-corrected chi connectivity index (χ2v) is 8.68. The van der Waals surface area contributed by atoms with Crippen LogP contribution < -0.4 is 5.32 Å². The van der Waals surface area contributed by atoms with Crippen LogP contribution in [0.2, 0.25) is 0 Å². The molecule has 0 saturated carbocycles. The maximum atomic E-state index is 5.06. The van der Waals surface area contributed by atoms with E-state index in [4.69, 9.17) is 4.52 Å². The van der Waals surface area contributed by atoms with E-state index in [-0.39, 0.29) is 5.41 Å². The number of aryl methyl sites for hydroxylation is 1. The van der Waals surface area contributed by atoms with Crippen molar-refractivity contribution in [3.8, 4) is 0 Å². The summed E-state index contributed by atoms with van der Waals surface area (Å²) in [6.07, 6.45) is 4.43. The van der Waals surface area contributed by atoms with Crippen LogP contribution in [0.4, 0.5) is 0 Å². The maximum absolute atomic E-state index is 5.06. The van der Waals surface area contributed by atoms with E-state index in [1.165, 1.54) is 22.7 Å². The smallest absolute Gasteiger partial charge is 0.223 e. The average molecular weight is 350 g/mol. The molecule has 0 bridgehead atoms. The van der Waals surface area contributed by atoms with Gasteiger partial charge in [-0.3, -0.25) is 4.90 Å². The first-order valence-electron chi connectivity index (χ1n) is 8.60. The van der Waals surface area contributed by atoms with Gasteiger partial charge in [0.25, 0.3) is 0 Å². The lowest BCUT2D eigenvalue weighted by atomic mass is 9.98. The zero-order valence-electron chi connectivity index (χ0n) is 15.0. The summed E-state index contributed by atoms with van der Waals surface area (Å²) in [7, 11) is 0. The van der Waals surface area contributed by atoms with Crippen molar-refractivity contribution in [1.82, 2.24) is 25.3 Å². The van der Waals surface area contributed by atoms with E-state index in [1.54, 1.807) is 0 Å².